The van der Waals surface area contributed by atoms with E-state index in [4.69, 9.17) is 4.74 Å². The topological polar surface area (TPSA) is 9.23 Å². The van der Waals surface area contributed by atoms with E-state index < -0.39 is 0 Å². The third-order valence-electron chi connectivity index (χ3n) is 3.73. The van der Waals surface area contributed by atoms with Crippen molar-refractivity contribution in [2.75, 3.05) is 0 Å². The van der Waals surface area contributed by atoms with E-state index in [1.165, 1.54) is 6.42 Å². The fourth-order valence-electron chi connectivity index (χ4n) is 2.94. The largest absolute Gasteiger partial charge is 0.378 e. The first-order valence-corrected chi connectivity index (χ1v) is 5.89. The molecule has 0 spiro atoms. The molecule has 0 N–H and O–H groups in total. The number of hydrogen-bond donors (Lipinski definition) is 0. The molecular weight excluding hydrogens is 167 g/mol. The smallest absolute Gasteiger partial charge is 0.140 e. The number of rotatable bonds is 1. The molecule has 0 radical (unpaired) electrons. The molecule has 1 nitrogen and oxygen atoms in total. The molecule has 2 bridgehead atoms. The second kappa shape index (κ2) is 2.68. The van der Waals surface area contributed by atoms with Gasteiger partial charge in [-0.25, -0.2) is 0 Å². The van der Waals surface area contributed by atoms with E-state index in [2.05, 4.69) is 40.4 Å². The van der Waals surface area contributed by atoms with Crippen LogP contribution in [0.5, 0.6) is 0 Å². The van der Waals surface area contributed by atoms with E-state index >= 15 is 0 Å². The zero-order valence-corrected chi connectivity index (χ0v) is 9.15. The molecule has 3 unspecified atom stereocenters. The number of ether oxygens (including phenoxy) is 1. The summed E-state index contributed by atoms with van der Waals surface area (Å²) in [7, 11) is 2.22. The minimum atomic E-state index is 0.203. The van der Waals surface area contributed by atoms with Gasteiger partial charge in [0, 0.05) is 16.5 Å². The minimum Gasteiger partial charge on any atom is -0.378 e. The highest BCUT2D eigenvalue weighted by Gasteiger charge is 2.59. The zero-order chi connectivity index (χ0) is 8.93. The Kier molecular flexibility index (Phi) is 2.00. The van der Waals surface area contributed by atoms with E-state index in [1.807, 2.05) is 0 Å². The van der Waals surface area contributed by atoms with Crippen LogP contribution in [0.25, 0.3) is 0 Å². The van der Waals surface area contributed by atoms with Gasteiger partial charge in [0.15, 0.2) is 0 Å². The first-order valence-electron chi connectivity index (χ1n) is 4.95. The molecule has 12 heavy (non-hydrogen) atoms. The Labute approximate surface area is 80.0 Å². The second-order valence-corrected chi connectivity index (χ2v) is 5.69. The van der Waals surface area contributed by atoms with Crippen molar-refractivity contribution in [3.63, 3.8) is 0 Å². The summed E-state index contributed by atoms with van der Waals surface area (Å²) in [5.41, 5.74) is 0.203. The lowest BCUT2D eigenvalue weighted by molar-refractivity contribution is -0.0332. The lowest BCUT2D eigenvalue weighted by atomic mass is 9.82. The Morgan fingerprint density at radius 2 is 2.17 bits per heavy atom. The molecular formula is C9H17BOS. The van der Waals surface area contributed by atoms with Gasteiger partial charge in [-0.3, -0.25) is 0 Å². The number of hydrogen-bond acceptors (Lipinski definition) is 2. The fraction of sp³-hybridized carbons (Fsp3) is 1.00. The van der Waals surface area contributed by atoms with Crippen molar-refractivity contribution < 1.29 is 4.74 Å². The van der Waals surface area contributed by atoms with Gasteiger partial charge in [0.05, 0.1) is 5.60 Å². The number of fused-ring (bicyclic) bond motifs is 2. The molecule has 5 atom stereocenters. The van der Waals surface area contributed by atoms with Crippen LogP contribution < -0.4 is 0 Å². The molecule has 68 valence electrons. The maximum Gasteiger partial charge on any atom is 0.140 e. The minimum absolute atomic E-state index is 0.203. The second-order valence-electron chi connectivity index (χ2n) is 4.16. The van der Waals surface area contributed by atoms with Gasteiger partial charge in [0.2, 0.25) is 0 Å². The molecule has 0 saturated carbocycles. The zero-order valence-electron chi connectivity index (χ0n) is 8.33. The van der Waals surface area contributed by atoms with E-state index in [0.29, 0.717) is 11.3 Å². The van der Waals surface area contributed by atoms with E-state index in [-0.39, 0.29) is 5.60 Å². The van der Waals surface area contributed by atoms with Crippen LogP contribution in [0.4, 0.5) is 0 Å². The van der Waals surface area contributed by atoms with Crippen molar-refractivity contribution in [2.45, 2.75) is 49.3 Å². The van der Waals surface area contributed by atoms with Crippen molar-refractivity contribution in [3.05, 3.63) is 0 Å². The van der Waals surface area contributed by atoms with E-state index in [0.717, 1.165) is 11.2 Å². The molecule has 3 heteroatoms. The Balaban J connectivity index is 2.30. The lowest BCUT2D eigenvalue weighted by Gasteiger charge is -2.35. The average Bonchev–Trinajstić information content (AvgIpc) is 2.41. The summed E-state index contributed by atoms with van der Waals surface area (Å²) in [6.07, 6.45) is 1.17. The Bertz CT molecular complexity index is 199. The molecule has 0 aromatic rings. The van der Waals surface area contributed by atoms with Crippen molar-refractivity contribution in [3.8, 4) is 0 Å². The monoisotopic (exact) mass is 184 g/mol. The van der Waals surface area contributed by atoms with Gasteiger partial charge in [0.25, 0.3) is 0 Å². The highest BCUT2D eigenvalue weighted by Crippen LogP contribution is 2.56. The molecule has 2 fully saturated rings. The predicted molar refractivity (Wildman–Crippen MR) is 56.4 cm³/mol. The van der Waals surface area contributed by atoms with Crippen molar-refractivity contribution in [1.29, 1.82) is 0 Å². The van der Waals surface area contributed by atoms with Gasteiger partial charge in [-0.05, 0) is 12.3 Å². The molecule has 0 aromatic carbocycles. The molecule has 2 aliphatic rings. The molecule has 2 aliphatic heterocycles. The fourth-order valence-corrected chi connectivity index (χ4v) is 4.82. The van der Waals surface area contributed by atoms with Crippen LogP contribution >= 0.6 is 11.8 Å². The van der Waals surface area contributed by atoms with Crippen molar-refractivity contribution >= 4 is 19.6 Å². The molecule has 0 aliphatic carbocycles. The molecule has 0 aromatic heterocycles. The molecule has 2 rings (SSSR count). The highest BCUT2D eigenvalue weighted by atomic mass is 32.2. The summed E-state index contributed by atoms with van der Waals surface area (Å²) >= 11 is 2.13. The Morgan fingerprint density at radius 3 is 2.50 bits per heavy atom. The third-order valence-corrected chi connectivity index (χ3v) is 5.65. The van der Waals surface area contributed by atoms with Gasteiger partial charge in [-0.1, -0.05) is 20.8 Å². The van der Waals surface area contributed by atoms with Crippen LogP contribution in [0.3, 0.4) is 0 Å². The van der Waals surface area contributed by atoms with Crippen LogP contribution in [0.15, 0.2) is 0 Å². The number of thioether (sulfide) groups is 1. The van der Waals surface area contributed by atoms with Crippen LogP contribution in [-0.4, -0.2) is 30.0 Å². The quantitative estimate of drug-likeness (QED) is 0.567. The van der Waals surface area contributed by atoms with E-state index in [1.54, 1.807) is 0 Å². The maximum absolute atomic E-state index is 6.10. The summed E-state index contributed by atoms with van der Waals surface area (Å²) in [6.45, 7) is 6.93. The van der Waals surface area contributed by atoms with Crippen LogP contribution in [0.2, 0.25) is 0 Å². The maximum atomic E-state index is 6.10. The van der Waals surface area contributed by atoms with Gasteiger partial charge < -0.3 is 4.74 Å². The lowest BCUT2D eigenvalue weighted by Crippen LogP contribution is -2.41. The predicted octanol–water partition coefficient (Wildman–Crippen LogP) is 1.26. The van der Waals surface area contributed by atoms with Crippen LogP contribution in [0.1, 0.15) is 27.2 Å². The van der Waals surface area contributed by atoms with Gasteiger partial charge in [0.1, 0.15) is 7.85 Å². The first-order chi connectivity index (χ1) is 5.62. The van der Waals surface area contributed by atoms with Crippen LogP contribution in [-0.2, 0) is 4.74 Å². The van der Waals surface area contributed by atoms with Gasteiger partial charge in [-0.15, -0.1) is 0 Å². The summed E-state index contributed by atoms with van der Waals surface area (Å²) in [6, 6.07) is 0.473. The van der Waals surface area contributed by atoms with Crippen molar-refractivity contribution in [1.82, 2.24) is 0 Å². The summed E-state index contributed by atoms with van der Waals surface area (Å²) in [4.78, 5) is 0. The average molecular weight is 184 g/mol. The molecule has 2 heterocycles. The van der Waals surface area contributed by atoms with Gasteiger partial charge in [-0.2, -0.15) is 11.8 Å². The standard InChI is InChI=1S/C9H17BOS/c1-4-9-5(2)7(8(10)11-9)12-6(9)3/h5-8H,4,10H2,1-3H3/t5?,6?,7?,8-,9+/m1/s1. The summed E-state index contributed by atoms with van der Waals surface area (Å²) in [5.74, 6) is 0.748. The first kappa shape index (κ1) is 8.95. The summed E-state index contributed by atoms with van der Waals surface area (Å²) < 4.78 is 6.10. The normalized spacial score (nSPS) is 57.9. The van der Waals surface area contributed by atoms with Gasteiger partial charge >= 0.3 is 0 Å². The highest BCUT2D eigenvalue weighted by molar-refractivity contribution is 8.01. The molecule has 0 amide bonds. The van der Waals surface area contributed by atoms with E-state index in [9.17, 15) is 0 Å². The molecule has 2 saturated heterocycles. The third kappa shape index (κ3) is 0.870. The summed E-state index contributed by atoms with van der Waals surface area (Å²) in [5, 5.41) is 1.44. The Morgan fingerprint density at radius 1 is 1.50 bits per heavy atom. The SMILES string of the molecule is B[C@@H]1O[C@]2(CC)C(C)SC1C2C. The van der Waals surface area contributed by atoms with Crippen molar-refractivity contribution in [2.24, 2.45) is 5.92 Å². The van der Waals surface area contributed by atoms with Crippen LogP contribution in [0, 0.1) is 5.92 Å². The Hall–Kier alpha value is 0.375.